The van der Waals surface area contributed by atoms with Gasteiger partial charge in [-0.3, -0.25) is 0 Å². The second-order valence-corrected chi connectivity index (χ2v) is 20.7. The van der Waals surface area contributed by atoms with Crippen molar-refractivity contribution in [1.29, 1.82) is 0 Å². The van der Waals surface area contributed by atoms with Gasteiger partial charge in [0.2, 0.25) is 0 Å². The van der Waals surface area contributed by atoms with Crippen LogP contribution >= 0.6 is 0 Å². The third kappa shape index (κ3) is 21.6. The lowest BCUT2D eigenvalue weighted by Gasteiger charge is -2.16. The second kappa shape index (κ2) is 41.9. The first kappa shape index (κ1) is 73.1. The predicted molar refractivity (Wildman–Crippen MR) is 388 cm³/mol. The molecule has 0 saturated heterocycles. The predicted octanol–water partition coefficient (Wildman–Crippen LogP) is 28.1. The van der Waals surface area contributed by atoms with Crippen LogP contribution in [0.5, 0.6) is 0 Å². The van der Waals surface area contributed by atoms with Crippen molar-refractivity contribution >= 4 is 64.6 Å². The number of rotatable bonds is 10. The van der Waals surface area contributed by atoms with Crippen molar-refractivity contribution in [3.8, 4) is 0 Å². The van der Waals surface area contributed by atoms with Gasteiger partial charge in [-0.2, -0.15) is 0 Å². The fourth-order valence-corrected chi connectivity index (χ4v) is 9.95. The van der Waals surface area contributed by atoms with Gasteiger partial charge in [0.15, 0.2) is 0 Å². The summed E-state index contributed by atoms with van der Waals surface area (Å²) in [7, 11) is 0. The topological polar surface area (TPSA) is 0 Å². The van der Waals surface area contributed by atoms with Crippen LogP contribution in [0.4, 0.5) is 0 Å². The Morgan fingerprint density at radius 3 is 0.988 bits per heavy atom. The number of fused-ring (bicyclic) bond motifs is 6. The van der Waals surface area contributed by atoms with Crippen LogP contribution in [0.15, 0.2) is 224 Å². The summed E-state index contributed by atoms with van der Waals surface area (Å²) in [6.07, 6.45) is 6.01. The molecule has 5 atom stereocenters. The van der Waals surface area contributed by atoms with E-state index in [0.717, 1.165) is 0 Å². The van der Waals surface area contributed by atoms with E-state index in [2.05, 4.69) is 294 Å². The largest absolute Gasteiger partial charge is 0.0683 e. The van der Waals surface area contributed by atoms with Gasteiger partial charge in [0.25, 0.3) is 0 Å². The average molecular weight is 1120 g/mol. The highest BCUT2D eigenvalue weighted by Gasteiger charge is 2.13. The number of hydrogen-bond donors (Lipinski definition) is 0. The normalized spacial score (nSPS) is 11.8. The van der Waals surface area contributed by atoms with Crippen LogP contribution < -0.4 is 0 Å². The molecule has 11 aromatic carbocycles. The zero-order valence-electron chi connectivity index (χ0n) is 56.3. The molecule has 0 aliphatic carbocycles. The minimum atomic E-state index is 0.598. The second-order valence-electron chi connectivity index (χ2n) is 20.7. The summed E-state index contributed by atoms with van der Waals surface area (Å²) in [5.74, 6) is 3.27. The molecule has 84 heavy (non-hydrogen) atoms. The fraction of sp³-hybridized carbons (Fsp3) is 0.357. The molecule has 0 radical (unpaired) electrons. The molecule has 0 heterocycles. The summed E-state index contributed by atoms with van der Waals surface area (Å²) in [6.45, 7) is 42.7. The van der Waals surface area contributed by atoms with Crippen LogP contribution in [0.1, 0.15) is 228 Å². The first-order valence-corrected chi connectivity index (χ1v) is 32.9. The Morgan fingerprint density at radius 2 is 0.524 bits per heavy atom. The SMILES string of the molecule is CC.CC.CC.CC.CC.CCC(C)c1c2ccccc2cc2ccccc12.CCC(C)c1ccc2cc3ccccc3cc2c1.CCC(C)c1ccc2ccccc2c1.CCC(C)c1cccc2ccccc12.CCC(C)c1ccccc1. The lowest BCUT2D eigenvalue weighted by molar-refractivity contribution is 0.733. The van der Waals surface area contributed by atoms with E-state index in [1.165, 1.54) is 125 Å². The van der Waals surface area contributed by atoms with E-state index in [1.807, 2.05) is 69.2 Å². The lowest BCUT2D eigenvalue weighted by atomic mass is 9.88. The minimum Gasteiger partial charge on any atom is -0.0683 e. The maximum atomic E-state index is 2.34. The highest BCUT2D eigenvalue weighted by atomic mass is 14.2. The summed E-state index contributed by atoms with van der Waals surface area (Å²) in [5.41, 5.74) is 7.33. The van der Waals surface area contributed by atoms with Gasteiger partial charge in [0, 0.05) is 0 Å². The standard InChI is InChI=1S/2C18H18.2C14H16.C10H14.5C2H6/c1-3-13(2)18-16-10-6-4-8-14(16)12-15-9-5-7-11-17(15)18;1-3-13(2)14-8-9-17-11-15-6-4-5-7-16(15)12-18(17)10-14;1-3-11(2)13-10-6-8-12-7-4-5-9-14(12)13;1-3-11(2)13-9-8-12-6-4-5-7-14(12)10-13;1-3-9(2)10-7-5-4-6-8-10;5*1-2/h2*4-13H,3H2,1-2H3;2*4-11H,3H2,1-2H3;4-9H,3H2,1-2H3;5*1-2H3. The third-order valence-corrected chi connectivity index (χ3v) is 15.7. The molecule has 5 unspecified atom stereocenters. The quantitative estimate of drug-likeness (QED) is 0.120. The highest BCUT2D eigenvalue weighted by Crippen LogP contribution is 2.35. The molecule has 0 bridgehead atoms. The number of hydrogen-bond acceptors (Lipinski definition) is 0. The van der Waals surface area contributed by atoms with Gasteiger partial charge in [-0.15, -0.1) is 0 Å². The summed E-state index contributed by atoms with van der Waals surface area (Å²) >= 11 is 0. The number of benzene rings is 11. The van der Waals surface area contributed by atoms with E-state index in [4.69, 9.17) is 0 Å². The van der Waals surface area contributed by atoms with Crippen molar-refractivity contribution in [3.05, 3.63) is 252 Å². The van der Waals surface area contributed by atoms with Crippen LogP contribution in [0, 0.1) is 0 Å². The summed E-state index contributed by atoms with van der Waals surface area (Å²) < 4.78 is 0. The molecule has 0 saturated carbocycles. The molecule has 0 aliphatic rings. The van der Waals surface area contributed by atoms with Gasteiger partial charge in [-0.25, -0.2) is 0 Å². The van der Waals surface area contributed by atoms with Crippen molar-refractivity contribution in [3.63, 3.8) is 0 Å². The molecule has 0 aromatic heterocycles. The Morgan fingerprint density at radius 1 is 0.214 bits per heavy atom. The maximum absolute atomic E-state index is 2.34. The van der Waals surface area contributed by atoms with Crippen molar-refractivity contribution in [1.82, 2.24) is 0 Å². The van der Waals surface area contributed by atoms with Crippen LogP contribution in [0.3, 0.4) is 0 Å². The molecule has 0 spiro atoms. The van der Waals surface area contributed by atoms with Crippen LogP contribution in [0.25, 0.3) is 64.6 Å². The van der Waals surface area contributed by atoms with E-state index < -0.39 is 0 Å². The molecule has 11 rings (SSSR count). The minimum absolute atomic E-state index is 0.598. The van der Waals surface area contributed by atoms with Gasteiger partial charge in [-0.1, -0.05) is 345 Å². The smallest absolute Gasteiger partial charge is 0.0143 e. The molecule has 11 aromatic rings. The summed E-state index contributed by atoms with van der Waals surface area (Å²) in [5, 5.41) is 16.3. The molecule has 0 fully saturated rings. The summed E-state index contributed by atoms with van der Waals surface area (Å²) in [4.78, 5) is 0. The average Bonchev–Trinajstić information content (AvgIpc) is 2.36. The van der Waals surface area contributed by atoms with Crippen molar-refractivity contribution < 1.29 is 0 Å². The van der Waals surface area contributed by atoms with Crippen LogP contribution in [-0.2, 0) is 0 Å². The fourth-order valence-electron chi connectivity index (χ4n) is 9.95. The third-order valence-electron chi connectivity index (χ3n) is 15.7. The summed E-state index contributed by atoms with van der Waals surface area (Å²) in [6, 6.07) is 80.9. The molecule has 448 valence electrons. The molecular formula is C84H112. The Hall–Kier alpha value is -7.02. The van der Waals surface area contributed by atoms with E-state index in [1.54, 1.807) is 0 Å². The molecule has 0 nitrogen and oxygen atoms in total. The Balaban J connectivity index is 0.000000349. The molecular weight excluding hydrogens is 1010 g/mol. The van der Waals surface area contributed by atoms with E-state index in [-0.39, 0.29) is 0 Å². The molecule has 0 aliphatic heterocycles. The van der Waals surface area contributed by atoms with E-state index in [9.17, 15) is 0 Å². The first-order valence-electron chi connectivity index (χ1n) is 32.9. The van der Waals surface area contributed by atoms with Gasteiger partial charge < -0.3 is 0 Å². The van der Waals surface area contributed by atoms with Gasteiger partial charge in [0.05, 0.1) is 0 Å². The van der Waals surface area contributed by atoms with Gasteiger partial charge in [-0.05, 0) is 172 Å². The van der Waals surface area contributed by atoms with E-state index >= 15 is 0 Å². The maximum Gasteiger partial charge on any atom is -0.0143 e. The van der Waals surface area contributed by atoms with Crippen LogP contribution in [0.2, 0.25) is 0 Å². The highest BCUT2D eigenvalue weighted by molar-refractivity contribution is 6.03. The lowest BCUT2D eigenvalue weighted by Crippen LogP contribution is -1.95. The Labute approximate surface area is 514 Å². The van der Waals surface area contributed by atoms with Gasteiger partial charge >= 0.3 is 0 Å². The molecule has 0 heteroatoms. The first-order chi connectivity index (χ1) is 41.1. The zero-order chi connectivity index (χ0) is 62.4. The Kier molecular flexibility index (Phi) is 36.4. The van der Waals surface area contributed by atoms with Crippen LogP contribution in [-0.4, -0.2) is 0 Å². The zero-order valence-corrected chi connectivity index (χ0v) is 56.3. The molecule has 0 amide bonds. The van der Waals surface area contributed by atoms with Crippen molar-refractivity contribution in [2.45, 2.75) is 200 Å². The van der Waals surface area contributed by atoms with Crippen molar-refractivity contribution in [2.75, 3.05) is 0 Å². The van der Waals surface area contributed by atoms with Gasteiger partial charge in [0.1, 0.15) is 0 Å². The Bertz CT molecular complexity index is 3400. The van der Waals surface area contributed by atoms with Crippen molar-refractivity contribution in [2.24, 2.45) is 0 Å². The van der Waals surface area contributed by atoms with E-state index in [0.29, 0.717) is 29.6 Å². The molecule has 0 N–H and O–H groups in total. The monoisotopic (exact) mass is 1120 g/mol.